The Morgan fingerprint density at radius 2 is 1.95 bits per heavy atom. The highest BCUT2D eigenvalue weighted by Crippen LogP contribution is 2.19. The number of aromatic nitrogens is 1. The van der Waals surface area contributed by atoms with Crippen LogP contribution in [0, 0.1) is 10.1 Å². The van der Waals surface area contributed by atoms with E-state index in [0.29, 0.717) is 23.7 Å². The van der Waals surface area contributed by atoms with E-state index in [9.17, 15) is 14.9 Å². The van der Waals surface area contributed by atoms with Crippen molar-refractivity contribution in [3.63, 3.8) is 0 Å². The third-order valence-corrected chi connectivity index (χ3v) is 3.04. The first-order chi connectivity index (χ1) is 10.6. The summed E-state index contributed by atoms with van der Waals surface area (Å²) in [6.45, 7) is 0.617. The van der Waals surface area contributed by atoms with Crippen molar-refractivity contribution in [1.82, 2.24) is 10.3 Å². The lowest BCUT2D eigenvalue weighted by molar-refractivity contribution is -0.384. The van der Waals surface area contributed by atoms with Crippen molar-refractivity contribution >= 4 is 29.0 Å². The fourth-order valence-electron chi connectivity index (χ4n) is 1.74. The zero-order chi connectivity index (χ0) is 15.9. The van der Waals surface area contributed by atoms with Crippen LogP contribution < -0.4 is 10.6 Å². The maximum atomic E-state index is 11.8. The largest absolute Gasteiger partial charge is 0.363 e. The first-order valence-electron chi connectivity index (χ1n) is 6.45. The minimum atomic E-state index is -0.512. The highest BCUT2D eigenvalue weighted by Gasteiger charge is 2.13. The van der Waals surface area contributed by atoms with E-state index in [1.54, 1.807) is 24.3 Å². The lowest BCUT2D eigenvalue weighted by atomic mass is 10.2. The van der Waals surface area contributed by atoms with Gasteiger partial charge in [-0.3, -0.25) is 14.9 Å². The molecule has 114 valence electrons. The summed E-state index contributed by atoms with van der Waals surface area (Å²) in [5.41, 5.74) is 0.389. The Morgan fingerprint density at radius 3 is 2.64 bits per heavy atom. The van der Waals surface area contributed by atoms with E-state index in [4.69, 9.17) is 11.6 Å². The molecule has 22 heavy (non-hydrogen) atoms. The molecule has 1 amide bonds. The van der Waals surface area contributed by atoms with Crippen LogP contribution in [0.2, 0.25) is 5.02 Å². The van der Waals surface area contributed by atoms with Gasteiger partial charge in [0.15, 0.2) is 0 Å². The third kappa shape index (κ3) is 4.16. The fraction of sp³-hybridized carbons (Fsp3) is 0.143. The van der Waals surface area contributed by atoms with Crippen LogP contribution in [-0.4, -0.2) is 28.9 Å². The van der Waals surface area contributed by atoms with Gasteiger partial charge < -0.3 is 10.6 Å². The summed E-state index contributed by atoms with van der Waals surface area (Å²) in [6.07, 6.45) is 1.46. The molecule has 7 nitrogen and oxygen atoms in total. The predicted molar refractivity (Wildman–Crippen MR) is 83.2 cm³/mol. The van der Waals surface area contributed by atoms with Crippen LogP contribution >= 0.6 is 11.6 Å². The van der Waals surface area contributed by atoms with Crippen molar-refractivity contribution < 1.29 is 9.72 Å². The van der Waals surface area contributed by atoms with Gasteiger partial charge in [-0.05, 0) is 30.3 Å². The molecule has 2 aromatic rings. The van der Waals surface area contributed by atoms with Gasteiger partial charge in [0.2, 0.25) is 5.82 Å². The van der Waals surface area contributed by atoms with Crippen molar-refractivity contribution in [3.8, 4) is 0 Å². The van der Waals surface area contributed by atoms with Gasteiger partial charge in [0.25, 0.3) is 5.91 Å². The summed E-state index contributed by atoms with van der Waals surface area (Å²) in [6, 6.07) is 9.36. The Labute approximate surface area is 131 Å². The van der Waals surface area contributed by atoms with Crippen LogP contribution in [0.4, 0.5) is 11.5 Å². The van der Waals surface area contributed by atoms with Gasteiger partial charge in [-0.2, -0.15) is 0 Å². The Balaban J connectivity index is 1.83. The van der Waals surface area contributed by atoms with Gasteiger partial charge in [0.1, 0.15) is 0 Å². The van der Waals surface area contributed by atoms with Crippen molar-refractivity contribution in [2.75, 3.05) is 18.4 Å². The molecule has 0 aliphatic carbocycles. The Kier molecular flexibility index (Phi) is 5.26. The number of pyridine rings is 1. The molecule has 0 unspecified atom stereocenters. The normalized spacial score (nSPS) is 10.0. The van der Waals surface area contributed by atoms with Crippen LogP contribution in [0.25, 0.3) is 0 Å². The number of nitrogens with one attached hydrogen (secondary N) is 2. The Bertz CT molecular complexity index is 676. The molecule has 0 saturated heterocycles. The maximum absolute atomic E-state index is 11.8. The lowest BCUT2D eigenvalue weighted by Crippen LogP contribution is -2.28. The number of carbonyl (C=O) groups excluding carboxylic acids is 1. The van der Waals surface area contributed by atoms with Gasteiger partial charge in [0.05, 0.1) is 4.92 Å². The van der Waals surface area contributed by atoms with Crippen LogP contribution in [0.5, 0.6) is 0 Å². The number of nitro groups is 1. The number of benzene rings is 1. The monoisotopic (exact) mass is 320 g/mol. The first kappa shape index (κ1) is 15.7. The van der Waals surface area contributed by atoms with E-state index in [-0.39, 0.29) is 17.4 Å². The van der Waals surface area contributed by atoms with Gasteiger partial charge >= 0.3 is 5.69 Å². The summed E-state index contributed by atoms with van der Waals surface area (Å²) in [5, 5.41) is 16.9. The van der Waals surface area contributed by atoms with Crippen molar-refractivity contribution in [2.24, 2.45) is 0 Å². The smallest absolute Gasteiger partial charge is 0.311 e. The summed E-state index contributed by atoms with van der Waals surface area (Å²) in [4.78, 5) is 26.0. The predicted octanol–water partition coefficient (Wildman–Crippen LogP) is 2.49. The molecule has 0 atom stereocenters. The molecule has 0 bridgehead atoms. The van der Waals surface area contributed by atoms with Crippen LogP contribution in [0.1, 0.15) is 10.4 Å². The minimum Gasteiger partial charge on any atom is -0.363 e. The molecule has 8 heteroatoms. The van der Waals surface area contributed by atoms with Crippen molar-refractivity contribution in [2.45, 2.75) is 0 Å². The topological polar surface area (TPSA) is 97.2 Å². The molecule has 1 aromatic carbocycles. The second-order valence-corrected chi connectivity index (χ2v) is 4.75. The molecule has 0 radical (unpaired) electrons. The second-order valence-electron chi connectivity index (χ2n) is 4.32. The quantitative estimate of drug-likeness (QED) is 0.484. The molecular formula is C14H13ClN4O3. The Morgan fingerprint density at radius 1 is 1.23 bits per heavy atom. The number of hydrogen-bond acceptors (Lipinski definition) is 5. The maximum Gasteiger partial charge on any atom is 0.311 e. The fourth-order valence-corrected chi connectivity index (χ4v) is 1.87. The van der Waals surface area contributed by atoms with Crippen LogP contribution in [-0.2, 0) is 0 Å². The average molecular weight is 321 g/mol. The zero-order valence-electron chi connectivity index (χ0n) is 11.5. The van der Waals surface area contributed by atoms with Crippen molar-refractivity contribution in [1.29, 1.82) is 0 Å². The molecule has 2 rings (SSSR count). The molecular weight excluding hydrogens is 308 g/mol. The van der Waals surface area contributed by atoms with E-state index >= 15 is 0 Å². The molecule has 0 spiro atoms. The van der Waals surface area contributed by atoms with Gasteiger partial charge in [-0.1, -0.05) is 11.6 Å². The molecule has 2 N–H and O–H groups in total. The number of rotatable bonds is 6. The minimum absolute atomic E-state index is 0.105. The summed E-state index contributed by atoms with van der Waals surface area (Å²) in [7, 11) is 0. The highest BCUT2D eigenvalue weighted by atomic mass is 35.5. The van der Waals surface area contributed by atoms with Gasteiger partial charge in [-0.25, -0.2) is 4.98 Å². The van der Waals surface area contributed by atoms with E-state index < -0.39 is 4.92 Å². The van der Waals surface area contributed by atoms with Crippen LogP contribution in [0.15, 0.2) is 42.6 Å². The number of anilines is 1. The number of amides is 1. The molecule has 1 aromatic heterocycles. The molecule has 1 heterocycles. The summed E-state index contributed by atoms with van der Waals surface area (Å²) < 4.78 is 0. The van der Waals surface area contributed by atoms with Gasteiger partial charge in [-0.15, -0.1) is 0 Å². The second kappa shape index (κ2) is 7.37. The van der Waals surface area contributed by atoms with E-state index in [2.05, 4.69) is 15.6 Å². The molecule has 0 aliphatic rings. The summed E-state index contributed by atoms with van der Waals surface area (Å²) in [5.74, 6) is -0.0674. The third-order valence-electron chi connectivity index (χ3n) is 2.79. The lowest BCUT2D eigenvalue weighted by Gasteiger charge is -2.07. The first-order valence-corrected chi connectivity index (χ1v) is 6.83. The number of halogens is 1. The number of nitrogens with zero attached hydrogens (tertiary/aromatic N) is 2. The number of hydrogen-bond donors (Lipinski definition) is 2. The van der Waals surface area contributed by atoms with Crippen LogP contribution in [0.3, 0.4) is 0 Å². The summed E-state index contributed by atoms with van der Waals surface area (Å²) >= 11 is 5.75. The van der Waals surface area contributed by atoms with Crippen molar-refractivity contribution in [3.05, 3.63) is 63.3 Å². The standard InChI is InChI=1S/C14H13ClN4O3/c15-11-5-3-10(4-6-11)14(20)18-9-8-17-13-12(19(21)22)2-1-7-16-13/h1-7H,8-9H2,(H,16,17)(H,18,20). The highest BCUT2D eigenvalue weighted by molar-refractivity contribution is 6.30. The molecule has 0 saturated carbocycles. The van der Waals surface area contributed by atoms with E-state index in [1.165, 1.54) is 18.3 Å². The SMILES string of the molecule is O=C(NCCNc1ncccc1[N+](=O)[O-])c1ccc(Cl)cc1. The molecule has 0 aliphatic heterocycles. The average Bonchev–Trinajstić information content (AvgIpc) is 2.52. The van der Waals surface area contributed by atoms with E-state index in [1.807, 2.05) is 0 Å². The molecule has 0 fully saturated rings. The van der Waals surface area contributed by atoms with E-state index in [0.717, 1.165) is 0 Å². The van der Waals surface area contributed by atoms with Gasteiger partial charge in [0, 0.05) is 35.9 Å². The number of carbonyl (C=O) groups is 1. The Hall–Kier alpha value is -2.67. The zero-order valence-corrected chi connectivity index (χ0v) is 12.2.